The summed E-state index contributed by atoms with van der Waals surface area (Å²) in [5.41, 5.74) is 2.22. The first kappa shape index (κ1) is 16.5. The van der Waals surface area contributed by atoms with Crippen molar-refractivity contribution in [2.45, 2.75) is 6.54 Å². The van der Waals surface area contributed by atoms with Gasteiger partial charge >= 0.3 is 0 Å². The zero-order valence-electron chi connectivity index (χ0n) is 13.8. The van der Waals surface area contributed by atoms with Crippen molar-refractivity contribution >= 4 is 39.4 Å². The molecule has 0 aliphatic rings. The molecule has 0 aliphatic carbocycles. The predicted molar refractivity (Wildman–Crippen MR) is 98.6 cm³/mol. The highest BCUT2D eigenvalue weighted by molar-refractivity contribution is 6.35. The molecule has 0 spiro atoms. The predicted octanol–water partition coefficient (Wildman–Crippen LogP) is 3.84. The molecule has 0 saturated heterocycles. The molecule has 1 N–H and O–H groups in total. The standard InChI is InChI=1S/C19H14ClFN4O/c1-25-16(24-15-6-2-5-13(20)18(15)25)10-23-19(26)12-7-8-14(21)11-4-3-9-22-17(11)12/h2-9H,10H2,1H3,(H,23,26). The topological polar surface area (TPSA) is 59.8 Å². The van der Waals surface area contributed by atoms with Gasteiger partial charge in [0.1, 0.15) is 11.6 Å². The average molecular weight is 369 g/mol. The number of fused-ring (bicyclic) bond motifs is 2. The molecule has 4 aromatic rings. The molecule has 130 valence electrons. The smallest absolute Gasteiger partial charge is 0.253 e. The first-order valence-electron chi connectivity index (χ1n) is 7.97. The van der Waals surface area contributed by atoms with E-state index < -0.39 is 5.82 Å². The summed E-state index contributed by atoms with van der Waals surface area (Å²) >= 11 is 6.22. The van der Waals surface area contributed by atoms with Crippen molar-refractivity contribution in [2.75, 3.05) is 0 Å². The van der Waals surface area contributed by atoms with Crippen molar-refractivity contribution in [3.8, 4) is 0 Å². The third kappa shape index (κ3) is 2.68. The number of aryl methyl sites for hydroxylation is 1. The van der Waals surface area contributed by atoms with E-state index in [1.807, 2.05) is 23.7 Å². The molecule has 0 saturated carbocycles. The van der Waals surface area contributed by atoms with Crippen molar-refractivity contribution in [1.82, 2.24) is 19.9 Å². The van der Waals surface area contributed by atoms with Crippen LogP contribution in [0.25, 0.3) is 21.9 Å². The number of benzene rings is 2. The van der Waals surface area contributed by atoms with Crippen LogP contribution in [0.15, 0.2) is 48.7 Å². The Bertz CT molecular complexity index is 1160. The number of nitrogens with one attached hydrogen (secondary N) is 1. The van der Waals surface area contributed by atoms with Crippen molar-refractivity contribution in [2.24, 2.45) is 7.05 Å². The van der Waals surface area contributed by atoms with Gasteiger partial charge in [-0.25, -0.2) is 9.37 Å². The lowest BCUT2D eigenvalue weighted by Crippen LogP contribution is -2.24. The maximum atomic E-state index is 13.9. The van der Waals surface area contributed by atoms with Gasteiger partial charge < -0.3 is 9.88 Å². The number of aromatic nitrogens is 3. The van der Waals surface area contributed by atoms with Crippen LogP contribution >= 0.6 is 11.6 Å². The van der Waals surface area contributed by atoms with Crippen LogP contribution in [0.2, 0.25) is 5.02 Å². The largest absolute Gasteiger partial charge is 0.345 e. The van der Waals surface area contributed by atoms with E-state index in [9.17, 15) is 9.18 Å². The maximum Gasteiger partial charge on any atom is 0.253 e. The summed E-state index contributed by atoms with van der Waals surface area (Å²) in [4.78, 5) is 21.2. The second kappa shape index (κ2) is 6.38. The number of imidazole rings is 1. The van der Waals surface area contributed by atoms with Crippen LogP contribution in [0.1, 0.15) is 16.2 Å². The Morgan fingerprint density at radius 3 is 2.88 bits per heavy atom. The van der Waals surface area contributed by atoms with E-state index in [4.69, 9.17) is 11.6 Å². The van der Waals surface area contributed by atoms with E-state index in [-0.39, 0.29) is 12.5 Å². The van der Waals surface area contributed by atoms with E-state index in [1.165, 1.54) is 18.3 Å². The molecule has 0 fully saturated rings. The molecule has 2 heterocycles. The number of carbonyl (C=O) groups excluding carboxylic acids is 1. The van der Waals surface area contributed by atoms with Crippen molar-refractivity contribution < 1.29 is 9.18 Å². The number of hydrogen-bond donors (Lipinski definition) is 1. The summed E-state index contributed by atoms with van der Waals surface area (Å²) in [5, 5.41) is 3.74. The molecule has 1 amide bonds. The summed E-state index contributed by atoms with van der Waals surface area (Å²) in [6.07, 6.45) is 1.53. The van der Waals surface area contributed by atoms with Crippen molar-refractivity contribution in [3.05, 3.63) is 70.9 Å². The van der Waals surface area contributed by atoms with Crippen LogP contribution in [0.4, 0.5) is 4.39 Å². The number of halogens is 2. The van der Waals surface area contributed by atoms with Crippen LogP contribution in [0, 0.1) is 5.82 Å². The minimum Gasteiger partial charge on any atom is -0.345 e. The zero-order valence-corrected chi connectivity index (χ0v) is 14.6. The third-order valence-electron chi connectivity index (χ3n) is 4.31. The molecule has 2 aromatic heterocycles. The molecule has 7 heteroatoms. The normalized spacial score (nSPS) is 11.2. The molecule has 0 bridgehead atoms. The van der Waals surface area contributed by atoms with E-state index in [2.05, 4.69) is 15.3 Å². The number of carbonyl (C=O) groups is 1. The molecule has 2 aromatic carbocycles. The summed E-state index contributed by atoms with van der Waals surface area (Å²) in [6, 6.07) is 11.4. The van der Waals surface area contributed by atoms with Crippen LogP contribution < -0.4 is 5.32 Å². The molecule has 4 rings (SSSR count). The summed E-state index contributed by atoms with van der Waals surface area (Å²) in [5.74, 6) is -0.0812. The molecule has 0 radical (unpaired) electrons. The Kier molecular flexibility index (Phi) is 4.05. The number of pyridine rings is 1. The number of nitrogens with zero attached hydrogens (tertiary/aromatic N) is 3. The Labute approximate surface area is 153 Å². The Hall–Kier alpha value is -2.99. The molecule has 0 unspecified atom stereocenters. The van der Waals surface area contributed by atoms with E-state index in [1.54, 1.807) is 18.2 Å². The molecule has 0 atom stereocenters. The number of rotatable bonds is 3. The Morgan fingerprint density at radius 1 is 1.23 bits per heavy atom. The lowest BCUT2D eigenvalue weighted by atomic mass is 10.1. The zero-order chi connectivity index (χ0) is 18.3. The molecular weight excluding hydrogens is 355 g/mol. The summed E-state index contributed by atoms with van der Waals surface area (Å²) in [6.45, 7) is 0.214. The van der Waals surface area contributed by atoms with Crippen LogP contribution in [0.3, 0.4) is 0 Å². The minimum atomic E-state index is -0.408. The highest BCUT2D eigenvalue weighted by Gasteiger charge is 2.15. The van der Waals surface area contributed by atoms with E-state index in [0.717, 1.165) is 11.0 Å². The second-order valence-corrected chi connectivity index (χ2v) is 6.28. The van der Waals surface area contributed by atoms with E-state index >= 15 is 0 Å². The fourth-order valence-corrected chi connectivity index (χ4v) is 3.30. The Balaban J connectivity index is 1.63. The third-order valence-corrected chi connectivity index (χ3v) is 4.61. The minimum absolute atomic E-state index is 0.214. The first-order valence-corrected chi connectivity index (χ1v) is 8.35. The fraction of sp³-hybridized carbons (Fsp3) is 0.105. The van der Waals surface area contributed by atoms with Gasteiger partial charge in [0.05, 0.1) is 33.7 Å². The quantitative estimate of drug-likeness (QED) is 0.597. The lowest BCUT2D eigenvalue weighted by Gasteiger charge is -2.08. The number of para-hydroxylation sites is 1. The van der Waals surface area contributed by atoms with Gasteiger partial charge in [0.2, 0.25) is 0 Å². The van der Waals surface area contributed by atoms with Gasteiger partial charge in [-0.2, -0.15) is 0 Å². The van der Waals surface area contributed by atoms with Crippen LogP contribution in [0.5, 0.6) is 0 Å². The van der Waals surface area contributed by atoms with Gasteiger partial charge in [-0.05, 0) is 36.4 Å². The number of hydrogen-bond acceptors (Lipinski definition) is 3. The van der Waals surface area contributed by atoms with Crippen LogP contribution in [-0.2, 0) is 13.6 Å². The van der Waals surface area contributed by atoms with Gasteiger partial charge in [-0.15, -0.1) is 0 Å². The fourth-order valence-electron chi connectivity index (χ4n) is 3.00. The van der Waals surface area contributed by atoms with Gasteiger partial charge in [0, 0.05) is 18.6 Å². The highest BCUT2D eigenvalue weighted by atomic mass is 35.5. The van der Waals surface area contributed by atoms with Crippen LogP contribution in [-0.4, -0.2) is 20.4 Å². The summed E-state index contributed by atoms with van der Waals surface area (Å²) < 4.78 is 15.7. The molecular formula is C19H14ClFN4O. The lowest BCUT2D eigenvalue weighted by molar-refractivity contribution is 0.0951. The van der Waals surface area contributed by atoms with Gasteiger partial charge in [-0.1, -0.05) is 17.7 Å². The van der Waals surface area contributed by atoms with E-state index in [0.29, 0.717) is 27.3 Å². The van der Waals surface area contributed by atoms with Gasteiger partial charge in [0.15, 0.2) is 0 Å². The van der Waals surface area contributed by atoms with Crippen molar-refractivity contribution in [1.29, 1.82) is 0 Å². The van der Waals surface area contributed by atoms with Gasteiger partial charge in [-0.3, -0.25) is 9.78 Å². The average Bonchev–Trinajstić information content (AvgIpc) is 2.97. The second-order valence-electron chi connectivity index (χ2n) is 5.87. The summed E-state index contributed by atoms with van der Waals surface area (Å²) in [7, 11) is 1.84. The molecule has 0 aliphatic heterocycles. The monoisotopic (exact) mass is 368 g/mol. The van der Waals surface area contributed by atoms with Gasteiger partial charge in [0.25, 0.3) is 5.91 Å². The van der Waals surface area contributed by atoms with Crippen molar-refractivity contribution in [3.63, 3.8) is 0 Å². The first-order chi connectivity index (χ1) is 12.6. The molecule has 5 nitrogen and oxygen atoms in total. The highest BCUT2D eigenvalue weighted by Crippen LogP contribution is 2.24. The number of amides is 1. The molecule has 26 heavy (non-hydrogen) atoms. The Morgan fingerprint density at radius 2 is 2.08 bits per heavy atom. The SMILES string of the molecule is Cn1c(CNC(=O)c2ccc(F)c3cccnc23)nc2cccc(Cl)c21. The maximum absolute atomic E-state index is 13.9.